The van der Waals surface area contributed by atoms with Crippen molar-refractivity contribution in [3.63, 3.8) is 0 Å². The van der Waals surface area contributed by atoms with Gasteiger partial charge in [0, 0.05) is 18.1 Å². The second kappa shape index (κ2) is 5.40. The average molecular weight is 308 g/mol. The monoisotopic (exact) mass is 307 g/mol. The summed E-state index contributed by atoms with van der Waals surface area (Å²) in [7, 11) is 1.66. The Morgan fingerprint density at radius 1 is 1.61 bits per heavy atom. The molecule has 1 aliphatic rings. The van der Waals surface area contributed by atoms with E-state index in [1.165, 1.54) is 0 Å². The molecule has 1 amide bonds. The molecule has 1 aromatic carbocycles. The largest absolute Gasteiger partial charge is 0.359 e. The molecule has 94 valence electrons. The second-order valence-electron chi connectivity index (χ2n) is 4.24. The van der Waals surface area contributed by atoms with Crippen LogP contribution in [0.4, 0.5) is 5.69 Å². The minimum absolute atomic E-state index is 0.0451. The van der Waals surface area contributed by atoms with Crippen LogP contribution in [0.2, 0.25) is 0 Å². The van der Waals surface area contributed by atoms with Crippen molar-refractivity contribution in [3.8, 4) is 6.07 Å². The molecule has 1 aliphatic heterocycles. The van der Waals surface area contributed by atoms with Gasteiger partial charge in [0.05, 0.1) is 17.3 Å². The summed E-state index contributed by atoms with van der Waals surface area (Å²) in [6.45, 7) is 0.864. The molecule has 0 saturated carbocycles. The summed E-state index contributed by atoms with van der Waals surface area (Å²) in [6, 6.07) is 7.45. The number of anilines is 1. The Kier molecular flexibility index (Phi) is 3.87. The summed E-state index contributed by atoms with van der Waals surface area (Å²) < 4.78 is 0.859. The number of nitrogens with one attached hydrogen (secondary N) is 1. The number of hydrogen-bond acceptors (Lipinski definition) is 3. The zero-order chi connectivity index (χ0) is 13.1. The van der Waals surface area contributed by atoms with Crippen LogP contribution in [0.5, 0.6) is 0 Å². The molecule has 0 aromatic heterocycles. The Hall–Kier alpha value is -1.54. The van der Waals surface area contributed by atoms with Crippen LogP contribution in [0.3, 0.4) is 0 Å². The molecule has 4 nitrogen and oxygen atoms in total. The SMILES string of the molecule is CNC(=O)C1CCCN1c1ccc(C#N)cc1Br. The second-order valence-corrected chi connectivity index (χ2v) is 5.10. The number of carbonyl (C=O) groups is 1. The molecule has 1 atom stereocenters. The van der Waals surface area contributed by atoms with Crippen LogP contribution in [-0.4, -0.2) is 25.5 Å². The van der Waals surface area contributed by atoms with Gasteiger partial charge in [0.25, 0.3) is 0 Å². The number of nitrogens with zero attached hydrogens (tertiary/aromatic N) is 2. The van der Waals surface area contributed by atoms with Crippen molar-refractivity contribution in [1.29, 1.82) is 5.26 Å². The van der Waals surface area contributed by atoms with Gasteiger partial charge in [-0.3, -0.25) is 4.79 Å². The number of carbonyl (C=O) groups excluding carboxylic acids is 1. The van der Waals surface area contributed by atoms with E-state index in [2.05, 4.69) is 32.2 Å². The van der Waals surface area contributed by atoms with E-state index in [4.69, 9.17) is 5.26 Å². The molecule has 2 rings (SSSR count). The predicted molar refractivity (Wildman–Crippen MR) is 73.3 cm³/mol. The number of hydrogen-bond donors (Lipinski definition) is 1. The summed E-state index contributed by atoms with van der Waals surface area (Å²) in [5.41, 5.74) is 1.58. The first kappa shape index (κ1) is 12.9. The van der Waals surface area contributed by atoms with Gasteiger partial charge in [0.2, 0.25) is 5.91 Å². The third-order valence-corrected chi connectivity index (χ3v) is 3.82. The third-order valence-electron chi connectivity index (χ3n) is 3.19. The summed E-state index contributed by atoms with van der Waals surface area (Å²) in [5, 5.41) is 11.5. The van der Waals surface area contributed by atoms with Crippen LogP contribution in [0.1, 0.15) is 18.4 Å². The number of amides is 1. The van der Waals surface area contributed by atoms with Crippen LogP contribution in [0, 0.1) is 11.3 Å². The molecule has 0 spiro atoms. The number of benzene rings is 1. The smallest absolute Gasteiger partial charge is 0.242 e. The maximum Gasteiger partial charge on any atom is 0.242 e. The fourth-order valence-electron chi connectivity index (χ4n) is 2.30. The van der Waals surface area contributed by atoms with E-state index < -0.39 is 0 Å². The molecule has 1 heterocycles. The van der Waals surface area contributed by atoms with Gasteiger partial charge in [0.15, 0.2) is 0 Å². The summed E-state index contributed by atoms with van der Waals surface area (Å²) >= 11 is 3.47. The van der Waals surface area contributed by atoms with E-state index in [0.29, 0.717) is 5.56 Å². The van der Waals surface area contributed by atoms with Gasteiger partial charge < -0.3 is 10.2 Å². The Morgan fingerprint density at radius 3 is 3.00 bits per heavy atom. The number of nitriles is 1. The van der Waals surface area contributed by atoms with Crippen molar-refractivity contribution >= 4 is 27.5 Å². The highest BCUT2D eigenvalue weighted by Gasteiger charge is 2.31. The Morgan fingerprint density at radius 2 is 2.39 bits per heavy atom. The van der Waals surface area contributed by atoms with Crippen molar-refractivity contribution in [2.45, 2.75) is 18.9 Å². The van der Waals surface area contributed by atoms with Crippen LogP contribution in [-0.2, 0) is 4.79 Å². The van der Waals surface area contributed by atoms with E-state index in [1.807, 2.05) is 6.07 Å². The van der Waals surface area contributed by atoms with Crippen molar-refractivity contribution < 1.29 is 4.79 Å². The highest BCUT2D eigenvalue weighted by Crippen LogP contribution is 2.32. The van der Waals surface area contributed by atoms with Crippen molar-refractivity contribution in [2.24, 2.45) is 0 Å². The standard InChI is InChI=1S/C13H14BrN3O/c1-16-13(18)12-3-2-6-17(12)11-5-4-9(8-15)7-10(11)14/h4-5,7,12H,2-3,6H2,1H3,(H,16,18). The van der Waals surface area contributed by atoms with Gasteiger partial charge in [-0.05, 0) is 47.0 Å². The van der Waals surface area contributed by atoms with Gasteiger partial charge in [-0.15, -0.1) is 0 Å². The van der Waals surface area contributed by atoms with E-state index in [0.717, 1.165) is 29.5 Å². The molecule has 0 radical (unpaired) electrons. The maximum atomic E-state index is 11.8. The zero-order valence-corrected chi connectivity index (χ0v) is 11.7. The lowest BCUT2D eigenvalue weighted by molar-refractivity contribution is -0.121. The molecule has 0 aliphatic carbocycles. The zero-order valence-electron chi connectivity index (χ0n) is 10.1. The molecule has 1 unspecified atom stereocenters. The molecule has 1 N–H and O–H groups in total. The van der Waals surface area contributed by atoms with Gasteiger partial charge >= 0.3 is 0 Å². The van der Waals surface area contributed by atoms with Crippen LogP contribution >= 0.6 is 15.9 Å². The molecule has 18 heavy (non-hydrogen) atoms. The lowest BCUT2D eigenvalue weighted by Gasteiger charge is -2.26. The fraction of sp³-hybridized carbons (Fsp3) is 0.385. The Bertz CT molecular complexity index is 509. The molecule has 1 aromatic rings. The molecule has 1 fully saturated rings. The first-order valence-corrected chi connectivity index (χ1v) is 6.64. The summed E-state index contributed by atoms with van der Waals surface area (Å²) in [5.74, 6) is 0.0451. The number of rotatable bonds is 2. The molecule has 0 bridgehead atoms. The molecular formula is C13H14BrN3O. The predicted octanol–water partition coefficient (Wildman–Crippen LogP) is 2.04. The highest BCUT2D eigenvalue weighted by molar-refractivity contribution is 9.10. The van der Waals surface area contributed by atoms with Crippen LogP contribution in [0.25, 0.3) is 0 Å². The third kappa shape index (κ3) is 2.34. The molecule has 5 heteroatoms. The van der Waals surface area contributed by atoms with Gasteiger partial charge in [-0.2, -0.15) is 5.26 Å². The molecule has 1 saturated heterocycles. The maximum absolute atomic E-state index is 11.8. The number of halogens is 1. The molecular weight excluding hydrogens is 294 g/mol. The first-order chi connectivity index (χ1) is 8.67. The van der Waals surface area contributed by atoms with Gasteiger partial charge in [-0.1, -0.05) is 0 Å². The lowest BCUT2D eigenvalue weighted by atomic mass is 10.1. The quantitative estimate of drug-likeness (QED) is 0.909. The highest BCUT2D eigenvalue weighted by atomic mass is 79.9. The van der Waals surface area contributed by atoms with Crippen LogP contribution in [0.15, 0.2) is 22.7 Å². The average Bonchev–Trinajstić information content (AvgIpc) is 2.86. The first-order valence-electron chi connectivity index (χ1n) is 5.85. The Labute approximate surface area is 115 Å². The van der Waals surface area contributed by atoms with Gasteiger partial charge in [0.1, 0.15) is 6.04 Å². The van der Waals surface area contributed by atoms with E-state index in [9.17, 15) is 4.79 Å². The summed E-state index contributed by atoms with van der Waals surface area (Å²) in [6.07, 6.45) is 1.87. The number of likely N-dealkylation sites (N-methyl/N-ethyl adjacent to an activating group) is 1. The lowest BCUT2D eigenvalue weighted by Crippen LogP contribution is -2.42. The fourth-order valence-corrected chi connectivity index (χ4v) is 2.91. The van der Waals surface area contributed by atoms with E-state index in [1.54, 1.807) is 19.2 Å². The van der Waals surface area contributed by atoms with Crippen molar-refractivity contribution in [1.82, 2.24) is 5.32 Å². The summed E-state index contributed by atoms with van der Waals surface area (Å²) in [4.78, 5) is 13.9. The van der Waals surface area contributed by atoms with E-state index >= 15 is 0 Å². The van der Waals surface area contributed by atoms with Crippen molar-refractivity contribution in [3.05, 3.63) is 28.2 Å². The van der Waals surface area contributed by atoms with Gasteiger partial charge in [-0.25, -0.2) is 0 Å². The minimum atomic E-state index is -0.112. The minimum Gasteiger partial charge on any atom is -0.359 e. The van der Waals surface area contributed by atoms with Crippen molar-refractivity contribution in [2.75, 3.05) is 18.5 Å². The normalized spacial score (nSPS) is 18.5. The Balaban J connectivity index is 2.31. The van der Waals surface area contributed by atoms with Crippen LogP contribution < -0.4 is 10.2 Å². The topological polar surface area (TPSA) is 56.1 Å². The van der Waals surface area contributed by atoms with E-state index in [-0.39, 0.29) is 11.9 Å².